The fourth-order valence-corrected chi connectivity index (χ4v) is 3.50. The molecule has 1 amide bonds. The van der Waals surface area contributed by atoms with Gasteiger partial charge in [0, 0.05) is 22.9 Å². The summed E-state index contributed by atoms with van der Waals surface area (Å²) in [5, 5.41) is 3.04. The Hall–Kier alpha value is -1.58. The second kappa shape index (κ2) is 4.51. The number of carbonyl (C=O) groups excluding carboxylic acids is 1. The molecule has 2 bridgehead atoms. The fourth-order valence-electron chi connectivity index (χ4n) is 3.50. The zero-order valence-corrected chi connectivity index (χ0v) is 11.1. The third kappa shape index (κ3) is 2.20. The Labute approximate surface area is 112 Å². The molecule has 2 fully saturated rings. The van der Waals surface area contributed by atoms with Crippen LogP contribution in [0.2, 0.25) is 0 Å². The first-order valence-electron chi connectivity index (χ1n) is 6.91. The molecule has 3 unspecified atom stereocenters. The smallest absolute Gasteiger partial charge is 0.251 e. The van der Waals surface area contributed by atoms with Crippen LogP contribution in [0.5, 0.6) is 0 Å². The van der Waals surface area contributed by atoms with E-state index in [-0.39, 0.29) is 11.9 Å². The highest BCUT2D eigenvalue weighted by atomic mass is 19.1. The summed E-state index contributed by atoms with van der Waals surface area (Å²) < 4.78 is 13.6. The number of hydrogen-bond acceptors (Lipinski definition) is 2. The number of benzene rings is 1. The van der Waals surface area contributed by atoms with Crippen LogP contribution in [0, 0.1) is 24.6 Å². The third-order valence-corrected chi connectivity index (χ3v) is 4.70. The first-order valence-corrected chi connectivity index (χ1v) is 6.91. The number of anilines is 1. The Kier molecular flexibility index (Phi) is 2.96. The number of nitrogens with one attached hydrogen (secondary N) is 1. The Morgan fingerprint density at radius 3 is 2.74 bits per heavy atom. The van der Waals surface area contributed by atoms with Crippen LogP contribution < -0.4 is 11.1 Å². The molecule has 0 heterocycles. The summed E-state index contributed by atoms with van der Waals surface area (Å²) in [5.41, 5.74) is 6.76. The molecule has 3 nitrogen and oxygen atoms in total. The first kappa shape index (κ1) is 12.5. The van der Waals surface area contributed by atoms with Crippen molar-refractivity contribution in [2.45, 2.75) is 38.6 Å². The van der Waals surface area contributed by atoms with Gasteiger partial charge < -0.3 is 11.1 Å². The second-order valence-electron chi connectivity index (χ2n) is 5.93. The Balaban J connectivity index is 1.74. The van der Waals surface area contributed by atoms with Gasteiger partial charge in [-0.05, 0) is 50.2 Å². The summed E-state index contributed by atoms with van der Waals surface area (Å²) >= 11 is 0. The number of hydrogen-bond donors (Lipinski definition) is 2. The molecule has 2 aliphatic carbocycles. The van der Waals surface area contributed by atoms with E-state index in [1.165, 1.54) is 25.3 Å². The van der Waals surface area contributed by atoms with Gasteiger partial charge in [0.15, 0.2) is 0 Å². The molecule has 102 valence electrons. The lowest BCUT2D eigenvalue weighted by atomic mass is 9.95. The van der Waals surface area contributed by atoms with Crippen molar-refractivity contribution in [3.63, 3.8) is 0 Å². The van der Waals surface area contributed by atoms with Crippen molar-refractivity contribution in [3.8, 4) is 0 Å². The summed E-state index contributed by atoms with van der Waals surface area (Å²) in [5.74, 6) is 0.762. The maximum absolute atomic E-state index is 13.6. The molecule has 4 heteroatoms. The molecule has 0 aromatic heterocycles. The lowest BCUT2D eigenvalue weighted by Gasteiger charge is -2.23. The SMILES string of the molecule is Cc1c(N)cc(C(=O)NC2CC3CCC2C3)cc1F. The molecule has 3 atom stereocenters. The standard InChI is InChI=1S/C15H19FN2O/c1-8-12(16)6-11(7-13(8)17)15(19)18-14-5-9-2-3-10(14)4-9/h6-7,9-10,14H,2-5,17H2,1H3,(H,18,19). The van der Waals surface area contributed by atoms with Gasteiger partial charge in [-0.15, -0.1) is 0 Å². The molecule has 0 saturated heterocycles. The van der Waals surface area contributed by atoms with Gasteiger partial charge in [0.05, 0.1) is 0 Å². The summed E-state index contributed by atoms with van der Waals surface area (Å²) in [6.07, 6.45) is 4.80. The van der Waals surface area contributed by atoms with E-state index in [1.807, 2.05) is 0 Å². The van der Waals surface area contributed by atoms with E-state index in [0.29, 0.717) is 22.7 Å². The molecule has 1 aromatic rings. The summed E-state index contributed by atoms with van der Waals surface area (Å²) in [6, 6.07) is 3.09. The van der Waals surface area contributed by atoms with E-state index in [9.17, 15) is 9.18 Å². The minimum absolute atomic E-state index is 0.205. The number of nitrogen functional groups attached to an aromatic ring is 1. The second-order valence-corrected chi connectivity index (χ2v) is 5.93. The van der Waals surface area contributed by atoms with Gasteiger partial charge in [0.2, 0.25) is 0 Å². The van der Waals surface area contributed by atoms with Crippen LogP contribution in [0.25, 0.3) is 0 Å². The average Bonchev–Trinajstić information content (AvgIpc) is 2.97. The molecule has 0 radical (unpaired) electrons. The summed E-state index contributed by atoms with van der Waals surface area (Å²) in [4.78, 5) is 12.2. The molecule has 3 N–H and O–H groups in total. The van der Waals surface area contributed by atoms with Crippen molar-refractivity contribution >= 4 is 11.6 Å². The normalized spacial score (nSPS) is 28.6. The van der Waals surface area contributed by atoms with Gasteiger partial charge in [0.1, 0.15) is 5.82 Å². The number of halogens is 1. The Bertz CT molecular complexity index is 506. The predicted octanol–water partition coefficient (Wildman–Crippen LogP) is 2.63. The average molecular weight is 262 g/mol. The van der Waals surface area contributed by atoms with Crippen molar-refractivity contribution in [1.82, 2.24) is 5.32 Å². The van der Waals surface area contributed by atoms with Crippen LogP contribution in [-0.2, 0) is 0 Å². The van der Waals surface area contributed by atoms with Crippen molar-refractivity contribution in [2.75, 3.05) is 5.73 Å². The third-order valence-electron chi connectivity index (χ3n) is 4.70. The number of fused-ring (bicyclic) bond motifs is 2. The lowest BCUT2D eigenvalue weighted by molar-refractivity contribution is 0.0922. The molecule has 3 rings (SSSR count). The predicted molar refractivity (Wildman–Crippen MR) is 72.3 cm³/mol. The zero-order chi connectivity index (χ0) is 13.6. The van der Waals surface area contributed by atoms with Gasteiger partial charge in [-0.25, -0.2) is 4.39 Å². The highest BCUT2D eigenvalue weighted by Crippen LogP contribution is 2.44. The van der Waals surface area contributed by atoms with Gasteiger partial charge >= 0.3 is 0 Å². The molecule has 0 aliphatic heterocycles. The molecule has 0 spiro atoms. The van der Waals surface area contributed by atoms with Gasteiger partial charge in [-0.3, -0.25) is 4.79 Å². The molecule has 19 heavy (non-hydrogen) atoms. The number of nitrogens with two attached hydrogens (primary N) is 1. The van der Waals surface area contributed by atoms with Crippen molar-refractivity contribution in [2.24, 2.45) is 11.8 Å². The summed E-state index contributed by atoms with van der Waals surface area (Å²) in [7, 11) is 0. The van der Waals surface area contributed by atoms with E-state index in [2.05, 4.69) is 5.32 Å². The molecular weight excluding hydrogens is 243 g/mol. The topological polar surface area (TPSA) is 55.1 Å². The largest absolute Gasteiger partial charge is 0.398 e. The quantitative estimate of drug-likeness (QED) is 0.805. The molecule has 1 aromatic carbocycles. The highest BCUT2D eigenvalue weighted by Gasteiger charge is 2.40. The molecule has 2 aliphatic rings. The fraction of sp³-hybridized carbons (Fsp3) is 0.533. The van der Waals surface area contributed by atoms with Gasteiger partial charge in [-0.2, -0.15) is 0 Å². The zero-order valence-electron chi connectivity index (χ0n) is 11.1. The molecular formula is C15H19FN2O. The monoisotopic (exact) mass is 262 g/mol. The van der Waals surface area contributed by atoms with Crippen LogP contribution in [0.3, 0.4) is 0 Å². The Morgan fingerprint density at radius 1 is 1.37 bits per heavy atom. The number of rotatable bonds is 2. The van der Waals surface area contributed by atoms with Gasteiger partial charge in [-0.1, -0.05) is 6.42 Å². The maximum Gasteiger partial charge on any atom is 0.251 e. The Morgan fingerprint density at radius 2 is 2.16 bits per heavy atom. The minimum atomic E-state index is -0.418. The van der Waals surface area contributed by atoms with Crippen LogP contribution in [0.15, 0.2) is 12.1 Å². The lowest BCUT2D eigenvalue weighted by Crippen LogP contribution is -2.38. The van der Waals surface area contributed by atoms with E-state index in [4.69, 9.17) is 5.73 Å². The van der Waals surface area contributed by atoms with Gasteiger partial charge in [0.25, 0.3) is 5.91 Å². The van der Waals surface area contributed by atoms with E-state index < -0.39 is 5.82 Å². The first-order chi connectivity index (χ1) is 9.04. The minimum Gasteiger partial charge on any atom is -0.398 e. The highest BCUT2D eigenvalue weighted by molar-refractivity contribution is 5.95. The van der Waals surface area contributed by atoms with Crippen molar-refractivity contribution < 1.29 is 9.18 Å². The maximum atomic E-state index is 13.6. The molecule has 2 saturated carbocycles. The van der Waals surface area contributed by atoms with Crippen molar-refractivity contribution in [3.05, 3.63) is 29.1 Å². The number of amides is 1. The van der Waals surface area contributed by atoms with Crippen LogP contribution >= 0.6 is 0 Å². The van der Waals surface area contributed by atoms with E-state index in [0.717, 1.165) is 12.3 Å². The number of carbonyl (C=O) groups is 1. The van der Waals surface area contributed by atoms with Crippen LogP contribution in [0.4, 0.5) is 10.1 Å². The van der Waals surface area contributed by atoms with Crippen LogP contribution in [0.1, 0.15) is 41.6 Å². The van der Waals surface area contributed by atoms with Crippen LogP contribution in [-0.4, -0.2) is 11.9 Å². The van der Waals surface area contributed by atoms with E-state index >= 15 is 0 Å². The van der Waals surface area contributed by atoms with Crippen molar-refractivity contribution in [1.29, 1.82) is 0 Å². The summed E-state index contributed by atoms with van der Waals surface area (Å²) in [6.45, 7) is 1.61. The van der Waals surface area contributed by atoms with E-state index in [1.54, 1.807) is 13.0 Å².